The quantitative estimate of drug-likeness (QED) is 0.807. The Morgan fingerprint density at radius 2 is 1.89 bits per heavy atom. The highest BCUT2D eigenvalue weighted by atomic mass is 16.6. The van der Waals surface area contributed by atoms with Gasteiger partial charge in [-0.1, -0.05) is 0 Å². The molecule has 0 radical (unpaired) electrons. The molecule has 1 fully saturated rings. The fourth-order valence-corrected chi connectivity index (χ4v) is 2.27. The van der Waals surface area contributed by atoms with Gasteiger partial charge in [0.1, 0.15) is 5.60 Å². The number of nitrogens with two attached hydrogens (primary N) is 1. The van der Waals surface area contributed by atoms with Gasteiger partial charge < -0.3 is 20.5 Å². The minimum atomic E-state index is -0.531. The van der Waals surface area contributed by atoms with Crippen LogP contribution in [0, 0.1) is 5.92 Å². The molecule has 0 saturated heterocycles. The lowest BCUT2D eigenvalue weighted by Crippen LogP contribution is -2.50. The molecule has 0 bridgehead atoms. The molecule has 6 heteroatoms. The van der Waals surface area contributed by atoms with Crippen molar-refractivity contribution in [2.45, 2.75) is 57.8 Å². The summed E-state index contributed by atoms with van der Waals surface area (Å²) in [5.74, 6) is -0.487. The summed E-state index contributed by atoms with van der Waals surface area (Å²) < 4.78 is 10.5. The van der Waals surface area contributed by atoms with Crippen molar-refractivity contribution in [2.24, 2.45) is 11.7 Å². The third-order valence-corrected chi connectivity index (χ3v) is 3.20. The van der Waals surface area contributed by atoms with Gasteiger partial charge >= 0.3 is 6.09 Å². The maximum absolute atomic E-state index is 11.7. The van der Waals surface area contributed by atoms with E-state index < -0.39 is 11.7 Å². The van der Waals surface area contributed by atoms with E-state index in [2.05, 4.69) is 5.32 Å². The highest BCUT2D eigenvalue weighted by Gasteiger charge is 2.34. The Kier molecular flexibility index (Phi) is 5.17. The zero-order valence-electron chi connectivity index (χ0n) is 12.1. The largest absolute Gasteiger partial charge is 0.444 e. The first kappa shape index (κ1) is 15.8. The number of rotatable bonds is 3. The Hall–Kier alpha value is -1.30. The minimum absolute atomic E-state index is 0.143. The number of methoxy groups -OCH3 is 1. The van der Waals surface area contributed by atoms with Crippen LogP contribution in [0.1, 0.15) is 40.0 Å². The van der Waals surface area contributed by atoms with E-state index in [1.165, 1.54) is 0 Å². The number of nitrogens with one attached hydrogen (secondary N) is 1. The number of hydrogen-bond acceptors (Lipinski definition) is 4. The summed E-state index contributed by atoms with van der Waals surface area (Å²) in [6, 6.07) is -0.143. The van der Waals surface area contributed by atoms with Crippen LogP contribution >= 0.6 is 0 Å². The molecule has 0 aromatic heterocycles. The lowest BCUT2D eigenvalue weighted by atomic mass is 9.83. The predicted octanol–water partition coefficient (Wildman–Crippen LogP) is 1.18. The van der Waals surface area contributed by atoms with Crippen molar-refractivity contribution in [1.82, 2.24) is 5.32 Å². The number of ether oxygens (including phenoxy) is 2. The van der Waals surface area contributed by atoms with Gasteiger partial charge in [0.05, 0.1) is 12.1 Å². The van der Waals surface area contributed by atoms with Gasteiger partial charge in [0.25, 0.3) is 0 Å². The molecule has 0 heterocycles. The number of alkyl carbamates (subject to hydrolysis) is 1. The van der Waals surface area contributed by atoms with Gasteiger partial charge in [-0.3, -0.25) is 4.79 Å². The van der Waals surface area contributed by atoms with Crippen LogP contribution in [0.4, 0.5) is 4.79 Å². The standard InChI is InChI=1S/C13H24N2O4/c1-13(2,3)19-12(17)15-9-6-5-8(11(14)16)7-10(9)18-4/h8-10H,5-7H2,1-4H3,(H2,14,16)(H,15,17)/t8-,9-,10+/m1/s1. The molecule has 1 aliphatic carbocycles. The smallest absolute Gasteiger partial charge is 0.407 e. The van der Waals surface area contributed by atoms with Crippen molar-refractivity contribution >= 4 is 12.0 Å². The Bertz CT molecular complexity index is 338. The molecule has 1 rings (SSSR count). The zero-order valence-corrected chi connectivity index (χ0v) is 12.1. The highest BCUT2D eigenvalue weighted by molar-refractivity contribution is 5.76. The van der Waals surface area contributed by atoms with E-state index in [4.69, 9.17) is 15.2 Å². The fourth-order valence-electron chi connectivity index (χ4n) is 2.27. The molecule has 0 spiro atoms. The number of amides is 2. The number of carbonyl (C=O) groups excluding carboxylic acids is 2. The summed E-state index contributed by atoms with van der Waals surface area (Å²) in [4.78, 5) is 22.9. The van der Waals surface area contributed by atoms with E-state index in [9.17, 15) is 9.59 Å². The van der Waals surface area contributed by atoms with Crippen LogP contribution in [0.25, 0.3) is 0 Å². The van der Waals surface area contributed by atoms with Crippen LogP contribution in [-0.2, 0) is 14.3 Å². The molecule has 1 aliphatic rings. The molecule has 0 aromatic rings. The molecule has 0 aliphatic heterocycles. The Labute approximate surface area is 114 Å². The van der Waals surface area contributed by atoms with Crippen LogP contribution in [0.5, 0.6) is 0 Å². The third-order valence-electron chi connectivity index (χ3n) is 3.20. The van der Waals surface area contributed by atoms with Gasteiger partial charge in [-0.15, -0.1) is 0 Å². The van der Waals surface area contributed by atoms with Crippen LogP contribution in [0.2, 0.25) is 0 Å². The van der Waals surface area contributed by atoms with Crippen molar-refractivity contribution in [1.29, 1.82) is 0 Å². The molecule has 1 saturated carbocycles. The second-order valence-corrected chi connectivity index (χ2v) is 5.94. The molecule has 0 aromatic carbocycles. The van der Waals surface area contributed by atoms with Crippen molar-refractivity contribution < 1.29 is 19.1 Å². The highest BCUT2D eigenvalue weighted by Crippen LogP contribution is 2.26. The van der Waals surface area contributed by atoms with Gasteiger partial charge in [0, 0.05) is 13.0 Å². The SMILES string of the molecule is CO[C@H]1C[C@H](C(N)=O)CC[C@H]1NC(=O)OC(C)(C)C. The monoisotopic (exact) mass is 272 g/mol. The van der Waals surface area contributed by atoms with Crippen LogP contribution in [-0.4, -0.2) is 36.9 Å². The summed E-state index contributed by atoms with van der Waals surface area (Å²) in [6.45, 7) is 5.43. The second kappa shape index (κ2) is 6.23. The molecular weight excluding hydrogens is 248 g/mol. The van der Waals surface area contributed by atoms with E-state index in [0.717, 1.165) is 0 Å². The summed E-state index contributed by atoms with van der Waals surface area (Å²) in [5.41, 5.74) is 4.78. The van der Waals surface area contributed by atoms with E-state index >= 15 is 0 Å². The van der Waals surface area contributed by atoms with Gasteiger partial charge in [-0.2, -0.15) is 0 Å². The summed E-state index contributed by atoms with van der Waals surface area (Å²) in [5, 5.41) is 2.80. The van der Waals surface area contributed by atoms with Crippen molar-refractivity contribution in [3.05, 3.63) is 0 Å². The molecule has 110 valence electrons. The molecular formula is C13H24N2O4. The minimum Gasteiger partial charge on any atom is -0.444 e. The lowest BCUT2D eigenvalue weighted by molar-refractivity contribution is -0.124. The first-order chi connectivity index (χ1) is 8.73. The summed E-state index contributed by atoms with van der Waals surface area (Å²) in [7, 11) is 1.57. The lowest BCUT2D eigenvalue weighted by Gasteiger charge is -2.34. The van der Waals surface area contributed by atoms with Gasteiger partial charge in [-0.05, 0) is 40.0 Å². The second-order valence-electron chi connectivity index (χ2n) is 5.94. The maximum Gasteiger partial charge on any atom is 0.407 e. The zero-order chi connectivity index (χ0) is 14.6. The maximum atomic E-state index is 11.7. The van der Waals surface area contributed by atoms with Crippen molar-refractivity contribution in [3.8, 4) is 0 Å². The fraction of sp³-hybridized carbons (Fsp3) is 0.846. The number of hydrogen-bond donors (Lipinski definition) is 2. The van der Waals surface area contributed by atoms with Crippen LogP contribution in [0.3, 0.4) is 0 Å². The summed E-state index contributed by atoms with van der Waals surface area (Å²) >= 11 is 0. The molecule has 19 heavy (non-hydrogen) atoms. The first-order valence-corrected chi connectivity index (χ1v) is 6.54. The average Bonchev–Trinajstić information content (AvgIpc) is 2.26. The van der Waals surface area contributed by atoms with Crippen LogP contribution < -0.4 is 11.1 Å². The third kappa shape index (κ3) is 5.06. The number of carbonyl (C=O) groups is 2. The molecule has 6 nitrogen and oxygen atoms in total. The molecule has 0 unspecified atom stereocenters. The van der Waals surface area contributed by atoms with E-state index in [0.29, 0.717) is 19.3 Å². The summed E-state index contributed by atoms with van der Waals surface area (Å²) in [6.07, 6.45) is 1.18. The Balaban J connectivity index is 2.54. The molecule has 2 amide bonds. The number of primary amides is 1. The Morgan fingerprint density at radius 3 is 2.37 bits per heavy atom. The van der Waals surface area contributed by atoms with E-state index in [1.54, 1.807) is 7.11 Å². The molecule has 3 atom stereocenters. The average molecular weight is 272 g/mol. The van der Waals surface area contributed by atoms with Crippen LogP contribution in [0.15, 0.2) is 0 Å². The van der Waals surface area contributed by atoms with Gasteiger partial charge in [-0.25, -0.2) is 4.79 Å². The van der Waals surface area contributed by atoms with Gasteiger partial charge in [0.2, 0.25) is 5.91 Å². The van der Waals surface area contributed by atoms with Crippen molar-refractivity contribution in [3.63, 3.8) is 0 Å². The Morgan fingerprint density at radius 1 is 1.26 bits per heavy atom. The predicted molar refractivity (Wildman–Crippen MR) is 70.5 cm³/mol. The molecule has 3 N–H and O–H groups in total. The topological polar surface area (TPSA) is 90.6 Å². The normalized spacial score (nSPS) is 27.7. The van der Waals surface area contributed by atoms with Gasteiger partial charge in [0.15, 0.2) is 0 Å². The first-order valence-electron chi connectivity index (χ1n) is 6.54. The van der Waals surface area contributed by atoms with E-state index in [1.807, 2.05) is 20.8 Å². The van der Waals surface area contributed by atoms with Crippen molar-refractivity contribution in [2.75, 3.05) is 7.11 Å². The van der Waals surface area contributed by atoms with E-state index in [-0.39, 0.29) is 24.0 Å².